The molecule has 0 aliphatic heterocycles. The molecule has 104 valence electrons. The summed E-state index contributed by atoms with van der Waals surface area (Å²) >= 11 is 6.10. The number of carboxylic acid groups (broad SMARTS) is 1. The maximum atomic E-state index is 11.1. The molecule has 0 spiro atoms. The van der Waals surface area contributed by atoms with Crippen LogP contribution in [0.1, 0.15) is 37.7 Å². The van der Waals surface area contributed by atoms with Gasteiger partial charge in [-0.2, -0.15) is 0 Å². The van der Waals surface area contributed by atoms with Gasteiger partial charge in [-0.25, -0.2) is 0 Å². The first-order valence-electron chi connectivity index (χ1n) is 6.29. The lowest BCUT2D eigenvalue weighted by atomic mass is 9.96. The summed E-state index contributed by atoms with van der Waals surface area (Å²) in [7, 11) is 1.54. The molecule has 0 radical (unpaired) electrons. The van der Waals surface area contributed by atoms with Gasteiger partial charge in [-0.05, 0) is 37.8 Å². The quantitative estimate of drug-likeness (QED) is 0.899. The topological polar surface area (TPSA) is 55.8 Å². The molecule has 5 heteroatoms. The van der Waals surface area contributed by atoms with E-state index in [0.717, 1.165) is 12.8 Å². The summed E-state index contributed by atoms with van der Waals surface area (Å²) in [6.45, 7) is 1.60. The minimum absolute atomic E-state index is 0.197. The Morgan fingerprint density at radius 3 is 2.58 bits per heavy atom. The van der Waals surface area contributed by atoms with Crippen molar-refractivity contribution in [1.82, 2.24) is 0 Å². The lowest BCUT2D eigenvalue weighted by Crippen LogP contribution is -2.25. The number of aliphatic carboxylic acids is 1. The van der Waals surface area contributed by atoms with Crippen LogP contribution < -0.4 is 9.47 Å². The van der Waals surface area contributed by atoms with Gasteiger partial charge in [0, 0.05) is 11.1 Å². The summed E-state index contributed by atoms with van der Waals surface area (Å²) in [5, 5.41) is 9.47. The van der Waals surface area contributed by atoms with E-state index < -0.39 is 11.9 Å². The summed E-state index contributed by atoms with van der Waals surface area (Å²) in [5.74, 6) is -0.484. The van der Waals surface area contributed by atoms with Gasteiger partial charge in [-0.3, -0.25) is 4.79 Å². The van der Waals surface area contributed by atoms with Crippen LogP contribution in [-0.2, 0) is 4.79 Å². The van der Waals surface area contributed by atoms with Crippen molar-refractivity contribution >= 4 is 17.6 Å². The smallest absolute Gasteiger partial charge is 0.310 e. The molecule has 1 aliphatic rings. The summed E-state index contributed by atoms with van der Waals surface area (Å²) < 4.78 is 11.1. The highest BCUT2D eigenvalue weighted by atomic mass is 35.5. The molecule has 1 aromatic carbocycles. The van der Waals surface area contributed by atoms with Crippen molar-refractivity contribution in [2.45, 2.75) is 38.2 Å². The number of rotatable bonds is 5. The summed E-state index contributed by atoms with van der Waals surface area (Å²) in [4.78, 5) is 11.1. The van der Waals surface area contributed by atoms with Gasteiger partial charge in [-0.1, -0.05) is 11.6 Å². The fraction of sp³-hybridized carbons (Fsp3) is 0.500. The first-order chi connectivity index (χ1) is 9.02. The normalized spacial score (nSPS) is 16.6. The van der Waals surface area contributed by atoms with Gasteiger partial charge in [0.15, 0.2) is 11.5 Å². The van der Waals surface area contributed by atoms with Crippen molar-refractivity contribution < 1.29 is 19.4 Å². The number of methoxy groups -OCH3 is 1. The van der Waals surface area contributed by atoms with Gasteiger partial charge in [0.25, 0.3) is 0 Å². The van der Waals surface area contributed by atoms with Crippen LogP contribution in [0.25, 0.3) is 0 Å². The van der Waals surface area contributed by atoms with Crippen molar-refractivity contribution in [3.05, 3.63) is 22.7 Å². The molecule has 0 amide bonds. The Bertz CT molecular complexity index is 483. The Balaban J connectivity index is 2.33. The Labute approximate surface area is 117 Å². The molecular weight excluding hydrogens is 268 g/mol. The molecule has 2 rings (SSSR count). The fourth-order valence-electron chi connectivity index (χ4n) is 1.94. The standard InChI is InChI=1S/C14H17ClO4/c1-8(14(16)17)10-6-13(19-9-4-3-5-9)12(18-2)7-11(10)15/h6-9H,3-5H2,1-2H3,(H,16,17). The molecule has 1 aliphatic carbocycles. The Kier molecular flexibility index (Phi) is 4.20. The third-order valence-corrected chi connectivity index (χ3v) is 3.79. The van der Waals surface area contributed by atoms with Crippen LogP contribution in [0.15, 0.2) is 12.1 Å². The average molecular weight is 285 g/mol. The van der Waals surface area contributed by atoms with Crippen LogP contribution in [0.3, 0.4) is 0 Å². The van der Waals surface area contributed by atoms with E-state index in [4.69, 9.17) is 26.2 Å². The number of ether oxygens (including phenoxy) is 2. The first kappa shape index (κ1) is 14.0. The van der Waals surface area contributed by atoms with Gasteiger partial charge >= 0.3 is 5.97 Å². The van der Waals surface area contributed by atoms with Crippen LogP contribution in [0.2, 0.25) is 5.02 Å². The van der Waals surface area contributed by atoms with Crippen LogP contribution in [0.5, 0.6) is 11.5 Å². The van der Waals surface area contributed by atoms with Gasteiger partial charge in [0.1, 0.15) is 0 Å². The minimum Gasteiger partial charge on any atom is -0.493 e. The molecule has 1 fully saturated rings. The maximum absolute atomic E-state index is 11.1. The van der Waals surface area contributed by atoms with Gasteiger partial charge < -0.3 is 14.6 Å². The van der Waals surface area contributed by atoms with Crippen molar-refractivity contribution in [1.29, 1.82) is 0 Å². The van der Waals surface area contributed by atoms with Crippen LogP contribution >= 0.6 is 11.6 Å². The maximum Gasteiger partial charge on any atom is 0.310 e. The zero-order chi connectivity index (χ0) is 14.0. The summed E-state index contributed by atoms with van der Waals surface area (Å²) in [6, 6.07) is 3.29. The van der Waals surface area contributed by atoms with Crippen molar-refractivity contribution in [2.24, 2.45) is 0 Å². The van der Waals surface area contributed by atoms with Crippen LogP contribution in [-0.4, -0.2) is 24.3 Å². The van der Waals surface area contributed by atoms with Crippen molar-refractivity contribution in [3.8, 4) is 11.5 Å². The van der Waals surface area contributed by atoms with E-state index in [1.165, 1.54) is 6.42 Å². The van der Waals surface area contributed by atoms with Gasteiger partial charge in [-0.15, -0.1) is 0 Å². The molecule has 19 heavy (non-hydrogen) atoms. The van der Waals surface area contributed by atoms with Crippen LogP contribution in [0.4, 0.5) is 0 Å². The summed E-state index contributed by atoms with van der Waals surface area (Å²) in [6.07, 6.45) is 3.41. The van der Waals surface area contributed by atoms with Crippen LogP contribution in [0, 0.1) is 0 Å². The molecular formula is C14H17ClO4. The molecule has 4 nitrogen and oxygen atoms in total. The highest BCUT2D eigenvalue weighted by Gasteiger charge is 2.24. The van der Waals surface area contributed by atoms with Gasteiger partial charge in [0.2, 0.25) is 0 Å². The Hall–Kier alpha value is -1.42. The molecule has 0 aromatic heterocycles. The second kappa shape index (κ2) is 5.70. The molecule has 1 saturated carbocycles. The molecule has 1 aromatic rings. The third-order valence-electron chi connectivity index (χ3n) is 3.47. The zero-order valence-electron chi connectivity index (χ0n) is 11.0. The molecule has 0 saturated heterocycles. The molecule has 1 unspecified atom stereocenters. The van der Waals surface area contributed by atoms with Gasteiger partial charge in [0.05, 0.1) is 19.1 Å². The van der Waals surface area contributed by atoms with E-state index in [0.29, 0.717) is 22.1 Å². The number of hydrogen-bond donors (Lipinski definition) is 1. The fourth-order valence-corrected chi connectivity index (χ4v) is 2.25. The Morgan fingerprint density at radius 2 is 2.11 bits per heavy atom. The molecule has 1 N–H and O–H groups in total. The molecule has 0 heterocycles. The summed E-state index contributed by atoms with van der Waals surface area (Å²) in [5.41, 5.74) is 0.546. The van der Waals surface area contributed by atoms with E-state index in [-0.39, 0.29) is 6.10 Å². The number of benzene rings is 1. The highest BCUT2D eigenvalue weighted by molar-refractivity contribution is 6.31. The molecule has 1 atom stereocenters. The van der Waals surface area contributed by atoms with E-state index in [2.05, 4.69) is 0 Å². The van der Waals surface area contributed by atoms with E-state index >= 15 is 0 Å². The second-order valence-corrected chi connectivity index (χ2v) is 5.16. The van der Waals surface area contributed by atoms with E-state index in [9.17, 15) is 4.79 Å². The lowest BCUT2D eigenvalue weighted by Gasteiger charge is -2.27. The van der Waals surface area contributed by atoms with Crippen molar-refractivity contribution in [3.63, 3.8) is 0 Å². The largest absolute Gasteiger partial charge is 0.493 e. The van der Waals surface area contributed by atoms with E-state index in [1.807, 2.05) is 0 Å². The van der Waals surface area contributed by atoms with E-state index in [1.54, 1.807) is 26.2 Å². The lowest BCUT2D eigenvalue weighted by molar-refractivity contribution is -0.138. The predicted octanol–water partition coefficient (Wildman–Crippen LogP) is 3.47. The first-order valence-corrected chi connectivity index (χ1v) is 6.67. The molecule has 0 bridgehead atoms. The predicted molar refractivity (Wildman–Crippen MR) is 72.3 cm³/mol. The SMILES string of the molecule is COc1cc(Cl)c(C(C)C(=O)O)cc1OC1CCC1. The zero-order valence-corrected chi connectivity index (χ0v) is 11.7. The second-order valence-electron chi connectivity index (χ2n) is 4.76. The Morgan fingerprint density at radius 1 is 1.42 bits per heavy atom. The van der Waals surface area contributed by atoms with Crippen molar-refractivity contribution in [2.75, 3.05) is 7.11 Å². The highest BCUT2D eigenvalue weighted by Crippen LogP contribution is 2.38. The number of halogens is 1. The number of carbonyl (C=O) groups is 1. The number of hydrogen-bond acceptors (Lipinski definition) is 3. The monoisotopic (exact) mass is 284 g/mol. The minimum atomic E-state index is -0.915. The average Bonchev–Trinajstić information content (AvgIpc) is 2.33. The third kappa shape index (κ3) is 2.95. The number of carboxylic acids is 1.